The molecule has 1 aliphatic heterocycles. The van der Waals surface area contributed by atoms with E-state index < -0.39 is 0 Å². The zero-order valence-electron chi connectivity index (χ0n) is 14.4. The van der Waals surface area contributed by atoms with Crippen LogP contribution in [0.1, 0.15) is 12.8 Å². The van der Waals surface area contributed by atoms with Gasteiger partial charge in [0.1, 0.15) is 11.5 Å². The van der Waals surface area contributed by atoms with E-state index in [0.29, 0.717) is 17.4 Å². The lowest BCUT2D eigenvalue weighted by Crippen LogP contribution is -2.44. The number of hydrogen-bond acceptors (Lipinski definition) is 5. The molecule has 0 aliphatic carbocycles. The van der Waals surface area contributed by atoms with Gasteiger partial charge in [-0.2, -0.15) is 0 Å². The molecule has 1 aromatic heterocycles. The standard InChI is InChI=1S/C19H23N3O3/c1-22-12-9-15(10-13-22)21-18(23)14-24-16-5-7-17(8-6-16)25-19-4-2-3-11-20-19/h2-8,11,15H,9-10,12-14H2,1H3,(H,21,23). The zero-order chi connectivity index (χ0) is 17.5. The van der Waals surface area contributed by atoms with Gasteiger partial charge in [0, 0.05) is 18.3 Å². The monoisotopic (exact) mass is 341 g/mol. The van der Waals surface area contributed by atoms with Crippen molar-refractivity contribution in [3.8, 4) is 17.4 Å². The van der Waals surface area contributed by atoms with Gasteiger partial charge in [-0.25, -0.2) is 4.98 Å². The molecule has 1 fully saturated rings. The number of carbonyl (C=O) groups is 1. The van der Waals surface area contributed by atoms with E-state index in [1.165, 1.54) is 0 Å². The van der Waals surface area contributed by atoms with E-state index in [1.54, 1.807) is 36.5 Å². The Hall–Kier alpha value is -2.60. The maximum atomic E-state index is 12.0. The van der Waals surface area contributed by atoms with Crippen molar-refractivity contribution < 1.29 is 14.3 Å². The van der Waals surface area contributed by atoms with E-state index in [4.69, 9.17) is 9.47 Å². The summed E-state index contributed by atoms with van der Waals surface area (Å²) in [4.78, 5) is 18.4. The van der Waals surface area contributed by atoms with Crippen LogP contribution >= 0.6 is 0 Å². The van der Waals surface area contributed by atoms with Gasteiger partial charge in [0.25, 0.3) is 5.91 Å². The van der Waals surface area contributed by atoms with E-state index in [9.17, 15) is 4.79 Å². The van der Waals surface area contributed by atoms with Crippen LogP contribution in [0.4, 0.5) is 0 Å². The van der Waals surface area contributed by atoms with Crippen LogP contribution in [-0.2, 0) is 4.79 Å². The van der Waals surface area contributed by atoms with Gasteiger partial charge in [-0.3, -0.25) is 4.79 Å². The molecule has 2 aromatic rings. The molecule has 6 heteroatoms. The molecule has 0 saturated carbocycles. The molecule has 0 radical (unpaired) electrons. The number of rotatable bonds is 6. The van der Waals surface area contributed by atoms with Gasteiger partial charge < -0.3 is 19.7 Å². The minimum Gasteiger partial charge on any atom is -0.484 e. The molecule has 1 aliphatic rings. The second-order valence-electron chi connectivity index (χ2n) is 6.18. The molecular weight excluding hydrogens is 318 g/mol. The summed E-state index contributed by atoms with van der Waals surface area (Å²) in [5, 5.41) is 3.03. The van der Waals surface area contributed by atoms with Gasteiger partial charge in [-0.1, -0.05) is 6.07 Å². The topological polar surface area (TPSA) is 63.7 Å². The van der Waals surface area contributed by atoms with Gasteiger partial charge in [0.15, 0.2) is 6.61 Å². The van der Waals surface area contributed by atoms with Crippen LogP contribution in [0.5, 0.6) is 17.4 Å². The van der Waals surface area contributed by atoms with E-state index in [2.05, 4.69) is 22.2 Å². The van der Waals surface area contributed by atoms with Gasteiger partial charge in [0.05, 0.1) is 0 Å². The smallest absolute Gasteiger partial charge is 0.258 e. The van der Waals surface area contributed by atoms with Crippen LogP contribution in [0.2, 0.25) is 0 Å². The number of hydrogen-bond donors (Lipinski definition) is 1. The Morgan fingerprint density at radius 1 is 1.16 bits per heavy atom. The van der Waals surface area contributed by atoms with Crippen LogP contribution < -0.4 is 14.8 Å². The number of carbonyl (C=O) groups excluding carboxylic acids is 1. The first kappa shape index (κ1) is 17.2. The minimum absolute atomic E-state index is 0.0206. The van der Waals surface area contributed by atoms with Crippen LogP contribution in [0.25, 0.3) is 0 Å². The molecule has 6 nitrogen and oxygen atoms in total. The van der Waals surface area contributed by atoms with Crippen LogP contribution in [0, 0.1) is 0 Å². The second-order valence-corrected chi connectivity index (χ2v) is 6.18. The maximum absolute atomic E-state index is 12.0. The Morgan fingerprint density at radius 2 is 1.88 bits per heavy atom. The van der Waals surface area contributed by atoms with Crippen molar-refractivity contribution in [3.05, 3.63) is 48.7 Å². The Morgan fingerprint density at radius 3 is 2.56 bits per heavy atom. The molecule has 0 bridgehead atoms. The molecule has 0 atom stereocenters. The predicted molar refractivity (Wildman–Crippen MR) is 94.9 cm³/mol. The molecule has 0 spiro atoms. The normalized spacial score (nSPS) is 15.6. The number of piperidine rings is 1. The molecule has 132 valence electrons. The lowest BCUT2D eigenvalue weighted by Gasteiger charge is -2.29. The van der Waals surface area contributed by atoms with E-state index >= 15 is 0 Å². The van der Waals surface area contributed by atoms with Crippen LogP contribution in [-0.4, -0.2) is 48.6 Å². The van der Waals surface area contributed by atoms with E-state index in [0.717, 1.165) is 25.9 Å². The second kappa shape index (κ2) is 8.48. The number of pyridine rings is 1. The SMILES string of the molecule is CN1CCC(NC(=O)COc2ccc(Oc3ccccn3)cc2)CC1. The quantitative estimate of drug-likeness (QED) is 0.874. The van der Waals surface area contributed by atoms with Gasteiger partial charge >= 0.3 is 0 Å². The van der Waals surface area contributed by atoms with Crippen molar-refractivity contribution >= 4 is 5.91 Å². The number of benzene rings is 1. The Bertz CT molecular complexity index is 668. The van der Waals surface area contributed by atoms with Crippen molar-refractivity contribution in [1.82, 2.24) is 15.2 Å². The summed E-state index contributed by atoms with van der Waals surface area (Å²) >= 11 is 0. The van der Waals surface area contributed by atoms with Crippen LogP contribution in [0.3, 0.4) is 0 Å². The first-order valence-corrected chi connectivity index (χ1v) is 8.49. The molecule has 0 unspecified atom stereocenters. The number of nitrogens with zero attached hydrogens (tertiary/aromatic N) is 2. The van der Waals surface area contributed by atoms with E-state index in [1.807, 2.05) is 12.1 Å². The van der Waals surface area contributed by atoms with Gasteiger partial charge in [-0.05, 0) is 63.3 Å². The lowest BCUT2D eigenvalue weighted by molar-refractivity contribution is -0.124. The number of nitrogens with one attached hydrogen (secondary N) is 1. The maximum Gasteiger partial charge on any atom is 0.258 e. The summed E-state index contributed by atoms with van der Waals surface area (Å²) in [7, 11) is 2.10. The van der Waals surface area contributed by atoms with Crippen molar-refractivity contribution in [3.63, 3.8) is 0 Å². The van der Waals surface area contributed by atoms with Crippen molar-refractivity contribution in [2.24, 2.45) is 0 Å². The molecule has 1 N–H and O–H groups in total. The van der Waals surface area contributed by atoms with E-state index in [-0.39, 0.29) is 18.6 Å². The highest BCUT2D eigenvalue weighted by atomic mass is 16.5. The van der Waals surface area contributed by atoms with Crippen molar-refractivity contribution in [2.75, 3.05) is 26.7 Å². The predicted octanol–water partition coefficient (Wildman–Crippen LogP) is 2.46. The summed E-state index contributed by atoms with van der Waals surface area (Å²) in [5.74, 6) is 1.76. The molecule has 1 saturated heterocycles. The molecule has 25 heavy (non-hydrogen) atoms. The molecule has 2 heterocycles. The number of likely N-dealkylation sites (tertiary alicyclic amines) is 1. The summed E-state index contributed by atoms with van der Waals surface area (Å²) in [6.45, 7) is 2.06. The summed E-state index contributed by atoms with van der Waals surface area (Å²) < 4.78 is 11.2. The Labute approximate surface area is 147 Å². The highest BCUT2D eigenvalue weighted by molar-refractivity contribution is 5.77. The first-order chi connectivity index (χ1) is 12.2. The highest BCUT2D eigenvalue weighted by Crippen LogP contribution is 2.22. The lowest BCUT2D eigenvalue weighted by atomic mass is 10.1. The Balaban J connectivity index is 1.43. The summed E-state index contributed by atoms with van der Waals surface area (Å²) in [6.07, 6.45) is 3.65. The van der Waals surface area contributed by atoms with Crippen molar-refractivity contribution in [2.45, 2.75) is 18.9 Å². The van der Waals surface area contributed by atoms with Gasteiger partial charge in [-0.15, -0.1) is 0 Å². The fourth-order valence-electron chi connectivity index (χ4n) is 2.70. The van der Waals surface area contributed by atoms with Gasteiger partial charge in [0.2, 0.25) is 5.88 Å². The molecule has 1 amide bonds. The fraction of sp³-hybridized carbons (Fsp3) is 0.368. The van der Waals surface area contributed by atoms with Crippen LogP contribution in [0.15, 0.2) is 48.7 Å². The molecule has 1 aromatic carbocycles. The Kier molecular flexibility index (Phi) is 5.85. The molecular formula is C19H23N3O3. The number of aromatic nitrogens is 1. The first-order valence-electron chi connectivity index (χ1n) is 8.49. The minimum atomic E-state index is -0.0802. The number of amides is 1. The fourth-order valence-corrected chi connectivity index (χ4v) is 2.70. The third-order valence-corrected chi connectivity index (χ3v) is 4.14. The third-order valence-electron chi connectivity index (χ3n) is 4.14. The summed E-state index contributed by atoms with van der Waals surface area (Å²) in [5.41, 5.74) is 0. The zero-order valence-corrected chi connectivity index (χ0v) is 14.4. The average Bonchev–Trinajstić information content (AvgIpc) is 2.64. The third kappa shape index (κ3) is 5.46. The molecule has 3 rings (SSSR count). The largest absolute Gasteiger partial charge is 0.484 e. The average molecular weight is 341 g/mol. The van der Waals surface area contributed by atoms with Crippen molar-refractivity contribution in [1.29, 1.82) is 0 Å². The summed E-state index contributed by atoms with van der Waals surface area (Å²) in [6, 6.07) is 12.9. The number of ether oxygens (including phenoxy) is 2. The highest BCUT2D eigenvalue weighted by Gasteiger charge is 2.18.